The zero-order chi connectivity index (χ0) is 14.6. The van der Waals surface area contributed by atoms with Gasteiger partial charge in [-0.2, -0.15) is 0 Å². The number of carbonyl (C=O) groups excluding carboxylic acids is 1. The molecule has 9 heteroatoms. The van der Waals surface area contributed by atoms with E-state index in [1.54, 1.807) is 22.6 Å². The molecule has 1 rings (SSSR count). The predicted octanol–water partition coefficient (Wildman–Crippen LogP) is 2.31. The third kappa shape index (κ3) is 4.73. The zero-order valence-electron chi connectivity index (χ0n) is 9.88. The molecular weight excluding hydrogens is 382 g/mol. The lowest BCUT2D eigenvalue weighted by Gasteiger charge is -2.13. The molecule has 1 aromatic heterocycles. The fourth-order valence-electron chi connectivity index (χ4n) is 1.24. The molecule has 0 fully saturated rings. The minimum atomic E-state index is -4.85. The van der Waals surface area contributed by atoms with Gasteiger partial charge in [-0.1, -0.05) is 0 Å². The molecule has 19 heavy (non-hydrogen) atoms. The largest absolute Gasteiger partial charge is 0.574 e. The number of aromatic nitrogens is 1. The second-order valence-corrected chi connectivity index (χ2v) is 4.39. The Kier molecular flexibility index (Phi) is 5.20. The number of esters is 1. The normalized spacial score (nSPS) is 11.1. The Bertz CT molecular complexity index is 479. The highest BCUT2D eigenvalue weighted by Crippen LogP contribution is 2.30. The van der Waals surface area contributed by atoms with Gasteiger partial charge in [-0.05, 0) is 22.6 Å². The van der Waals surface area contributed by atoms with Gasteiger partial charge in [0.2, 0.25) is 5.88 Å². The lowest BCUT2D eigenvalue weighted by molar-refractivity contribution is -0.276. The summed E-state index contributed by atoms with van der Waals surface area (Å²) in [5, 5.41) is 0. The maximum absolute atomic E-state index is 12.1. The molecular formula is C10H9F3INO4. The highest BCUT2D eigenvalue weighted by molar-refractivity contribution is 14.1. The second-order valence-electron chi connectivity index (χ2n) is 3.22. The maximum Gasteiger partial charge on any atom is 0.574 e. The number of alkyl halides is 3. The Hall–Kier alpha value is -1.26. The molecule has 0 aliphatic rings. The third-order valence-corrected chi connectivity index (χ3v) is 2.74. The summed E-state index contributed by atoms with van der Waals surface area (Å²) in [5.74, 6) is -1.09. The first kappa shape index (κ1) is 15.8. The van der Waals surface area contributed by atoms with E-state index in [9.17, 15) is 18.0 Å². The number of carbonyl (C=O) groups is 1. The minimum absolute atomic E-state index is 0.0144. The van der Waals surface area contributed by atoms with Gasteiger partial charge in [0.1, 0.15) is 0 Å². The minimum Gasteiger partial charge on any atom is -0.494 e. The van der Waals surface area contributed by atoms with Gasteiger partial charge in [-0.15, -0.1) is 13.2 Å². The van der Waals surface area contributed by atoms with E-state index < -0.39 is 18.2 Å². The van der Waals surface area contributed by atoms with Gasteiger partial charge in [0.15, 0.2) is 5.75 Å². The van der Waals surface area contributed by atoms with Gasteiger partial charge in [0.25, 0.3) is 0 Å². The molecule has 106 valence electrons. The van der Waals surface area contributed by atoms with Gasteiger partial charge in [0.05, 0.1) is 29.9 Å². The summed E-state index contributed by atoms with van der Waals surface area (Å²) in [6.07, 6.45) is -5.17. The summed E-state index contributed by atoms with van der Waals surface area (Å²) in [7, 11) is 2.49. The molecule has 0 amide bonds. The quantitative estimate of drug-likeness (QED) is 0.583. The number of ether oxygens (including phenoxy) is 3. The standard InChI is InChI=1S/C10H9F3INO4/c1-17-8(16)4-6-9(18-2)5(14)3-7(15-6)19-10(11,12)13/h3H,4H2,1-2H3. The van der Waals surface area contributed by atoms with E-state index in [-0.39, 0.29) is 17.9 Å². The lowest BCUT2D eigenvalue weighted by Crippen LogP contribution is -2.19. The topological polar surface area (TPSA) is 57.7 Å². The van der Waals surface area contributed by atoms with Crippen LogP contribution in [0.25, 0.3) is 0 Å². The molecule has 0 spiro atoms. The third-order valence-electron chi connectivity index (χ3n) is 1.94. The second kappa shape index (κ2) is 6.26. The van der Waals surface area contributed by atoms with Crippen molar-refractivity contribution < 1.29 is 32.2 Å². The van der Waals surface area contributed by atoms with Crippen molar-refractivity contribution in [3.63, 3.8) is 0 Å². The fraction of sp³-hybridized carbons (Fsp3) is 0.400. The average molecular weight is 391 g/mol. The maximum atomic E-state index is 12.1. The van der Waals surface area contributed by atoms with Crippen LogP contribution in [0.3, 0.4) is 0 Å². The first-order valence-corrected chi connectivity index (χ1v) is 5.90. The molecule has 0 atom stereocenters. The van der Waals surface area contributed by atoms with E-state index in [1.807, 2.05) is 0 Å². The molecule has 0 aromatic carbocycles. The molecule has 0 aliphatic heterocycles. The van der Waals surface area contributed by atoms with Crippen LogP contribution in [-0.2, 0) is 16.0 Å². The van der Waals surface area contributed by atoms with Crippen LogP contribution >= 0.6 is 22.6 Å². The van der Waals surface area contributed by atoms with Crippen LogP contribution in [0.15, 0.2) is 6.07 Å². The van der Waals surface area contributed by atoms with Gasteiger partial charge >= 0.3 is 12.3 Å². The predicted molar refractivity (Wildman–Crippen MR) is 65.9 cm³/mol. The monoisotopic (exact) mass is 391 g/mol. The van der Waals surface area contributed by atoms with E-state index in [0.29, 0.717) is 3.57 Å². The molecule has 0 radical (unpaired) electrons. The van der Waals surface area contributed by atoms with E-state index in [0.717, 1.165) is 13.2 Å². The summed E-state index contributed by atoms with van der Waals surface area (Å²) in [5.41, 5.74) is 0.0144. The van der Waals surface area contributed by atoms with Gasteiger partial charge in [-0.3, -0.25) is 4.79 Å². The highest BCUT2D eigenvalue weighted by atomic mass is 127. The number of nitrogens with zero attached hydrogens (tertiary/aromatic N) is 1. The van der Waals surface area contributed by atoms with Crippen LogP contribution in [0.2, 0.25) is 0 Å². The summed E-state index contributed by atoms with van der Waals surface area (Å²) in [6.45, 7) is 0. The summed E-state index contributed by atoms with van der Waals surface area (Å²) in [4.78, 5) is 14.8. The zero-order valence-corrected chi connectivity index (χ0v) is 12.0. The SMILES string of the molecule is COC(=O)Cc1nc(OC(F)(F)F)cc(I)c1OC. The molecule has 0 unspecified atom stereocenters. The smallest absolute Gasteiger partial charge is 0.494 e. The Morgan fingerprint density at radius 1 is 1.42 bits per heavy atom. The van der Waals surface area contributed by atoms with Crippen LogP contribution in [0.4, 0.5) is 13.2 Å². The molecule has 5 nitrogen and oxygen atoms in total. The van der Waals surface area contributed by atoms with Gasteiger partial charge < -0.3 is 14.2 Å². The Morgan fingerprint density at radius 3 is 2.53 bits per heavy atom. The number of hydrogen-bond donors (Lipinski definition) is 0. The molecule has 0 saturated heterocycles. The fourth-order valence-corrected chi connectivity index (χ4v) is 2.04. The van der Waals surface area contributed by atoms with E-state index in [1.165, 1.54) is 7.11 Å². The van der Waals surface area contributed by atoms with Crippen molar-refractivity contribution in [3.8, 4) is 11.6 Å². The Balaban J connectivity index is 3.14. The van der Waals surface area contributed by atoms with Gasteiger partial charge in [-0.25, -0.2) is 4.98 Å². The number of rotatable bonds is 4. The molecule has 1 heterocycles. The summed E-state index contributed by atoms with van der Waals surface area (Å²) >= 11 is 1.76. The average Bonchev–Trinajstić information content (AvgIpc) is 2.26. The molecule has 1 aromatic rings. The Morgan fingerprint density at radius 2 is 2.05 bits per heavy atom. The first-order valence-electron chi connectivity index (χ1n) is 4.82. The van der Waals surface area contributed by atoms with Crippen molar-refractivity contribution in [2.75, 3.05) is 14.2 Å². The van der Waals surface area contributed by atoms with E-state index >= 15 is 0 Å². The number of halogens is 4. The molecule has 0 N–H and O–H groups in total. The molecule has 0 saturated carbocycles. The molecule has 0 bridgehead atoms. The number of hydrogen-bond acceptors (Lipinski definition) is 5. The summed E-state index contributed by atoms with van der Waals surface area (Å²) < 4.78 is 49.9. The van der Waals surface area contributed by atoms with Crippen LogP contribution in [0, 0.1) is 3.57 Å². The van der Waals surface area contributed by atoms with Crippen LogP contribution in [0.5, 0.6) is 11.6 Å². The van der Waals surface area contributed by atoms with Crippen LogP contribution in [-0.4, -0.2) is 31.5 Å². The molecule has 0 aliphatic carbocycles. The van der Waals surface area contributed by atoms with E-state index in [4.69, 9.17) is 4.74 Å². The van der Waals surface area contributed by atoms with Crippen molar-refractivity contribution in [2.24, 2.45) is 0 Å². The van der Waals surface area contributed by atoms with E-state index in [2.05, 4.69) is 14.5 Å². The highest BCUT2D eigenvalue weighted by Gasteiger charge is 2.32. The van der Waals surface area contributed by atoms with Crippen LogP contribution < -0.4 is 9.47 Å². The first-order chi connectivity index (χ1) is 8.76. The van der Waals surface area contributed by atoms with Crippen molar-refractivity contribution in [1.29, 1.82) is 0 Å². The summed E-state index contributed by atoms with van der Waals surface area (Å²) in [6, 6.07) is 1.06. The number of methoxy groups -OCH3 is 2. The van der Waals surface area contributed by atoms with Gasteiger partial charge in [0, 0.05) is 6.07 Å². The van der Waals surface area contributed by atoms with Crippen molar-refractivity contribution in [1.82, 2.24) is 4.98 Å². The Labute approximate surface area is 120 Å². The lowest BCUT2D eigenvalue weighted by atomic mass is 10.2. The van der Waals surface area contributed by atoms with Crippen molar-refractivity contribution >= 4 is 28.6 Å². The number of pyridine rings is 1. The van der Waals surface area contributed by atoms with Crippen molar-refractivity contribution in [2.45, 2.75) is 12.8 Å². The van der Waals surface area contributed by atoms with Crippen molar-refractivity contribution in [3.05, 3.63) is 15.3 Å². The van der Waals surface area contributed by atoms with Crippen LogP contribution in [0.1, 0.15) is 5.69 Å².